The van der Waals surface area contributed by atoms with Gasteiger partial charge in [0, 0.05) is 30.9 Å². The molecule has 3 N–H and O–H groups in total. The van der Waals surface area contributed by atoms with Crippen LogP contribution in [0.1, 0.15) is 39.7 Å². The number of carbonyl (C=O) groups is 1. The fraction of sp³-hybridized carbons (Fsp3) is 0.409. The Labute approximate surface area is 175 Å². The molecule has 0 spiro atoms. The molecule has 3 heterocycles. The Kier molecular flexibility index (Phi) is 5.01. The van der Waals surface area contributed by atoms with Crippen molar-refractivity contribution < 1.29 is 14.6 Å². The van der Waals surface area contributed by atoms with Gasteiger partial charge in [-0.1, -0.05) is 12.1 Å². The van der Waals surface area contributed by atoms with Crippen LogP contribution in [0.4, 0.5) is 10.6 Å². The van der Waals surface area contributed by atoms with Crippen molar-refractivity contribution in [2.75, 3.05) is 18.8 Å². The highest BCUT2D eigenvalue weighted by atomic mass is 16.6. The maximum Gasteiger partial charge on any atom is 0.410 e. The van der Waals surface area contributed by atoms with Crippen molar-refractivity contribution in [3.63, 3.8) is 0 Å². The monoisotopic (exact) mass is 409 g/mol. The zero-order valence-corrected chi connectivity index (χ0v) is 17.5. The predicted molar refractivity (Wildman–Crippen MR) is 115 cm³/mol. The summed E-state index contributed by atoms with van der Waals surface area (Å²) in [4.78, 5) is 22.8. The Hall–Kier alpha value is -3.29. The summed E-state index contributed by atoms with van der Waals surface area (Å²) in [6, 6.07) is 7.24. The normalized spacial score (nSPS) is 15.5. The maximum absolute atomic E-state index is 12.4. The molecule has 1 aliphatic rings. The molecule has 158 valence electrons. The van der Waals surface area contributed by atoms with E-state index in [0.717, 1.165) is 35.0 Å². The molecule has 3 aromatic rings. The van der Waals surface area contributed by atoms with Crippen molar-refractivity contribution in [2.24, 2.45) is 0 Å². The quantitative estimate of drug-likeness (QED) is 0.664. The number of phenolic OH excluding ortho intramolecular Hbond substituents is 1. The summed E-state index contributed by atoms with van der Waals surface area (Å²) >= 11 is 0. The van der Waals surface area contributed by atoms with Gasteiger partial charge in [0.25, 0.3) is 0 Å². The van der Waals surface area contributed by atoms with Gasteiger partial charge in [0.2, 0.25) is 0 Å². The third-order valence-electron chi connectivity index (χ3n) is 5.31. The summed E-state index contributed by atoms with van der Waals surface area (Å²) < 4.78 is 7.62. The minimum atomic E-state index is -0.505. The molecule has 1 saturated heterocycles. The number of anilines is 1. The van der Waals surface area contributed by atoms with Gasteiger partial charge in [0.05, 0.1) is 5.39 Å². The number of nitrogens with two attached hydrogens (primary N) is 1. The summed E-state index contributed by atoms with van der Waals surface area (Å²) in [5.41, 5.74) is 8.19. The molecule has 0 aliphatic carbocycles. The molecule has 30 heavy (non-hydrogen) atoms. The summed E-state index contributed by atoms with van der Waals surface area (Å²) in [6.45, 7) is 6.84. The number of carbonyl (C=O) groups excluding carboxylic acids is 1. The lowest BCUT2D eigenvalue weighted by molar-refractivity contribution is 0.0189. The number of aromatic hydroxyl groups is 1. The van der Waals surface area contributed by atoms with Gasteiger partial charge >= 0.3 is 6.09 Å². The molecule has 1 aromatic carbocycles. The lowest BCUT2D eigenvalue weighted by Gasteiger charge is -2.34. The number of fused-ring (bicyclic) bond motifs is 1. The Balaban J connectivity index is 1.63. The lowest BCUT2D eigenvalue weighted by Crippen LogP contribution is -2.42. The van der Waals surface area contributed by atoms with E-state index in [1.807, 2.05) is 33.0 Å². The third-order valence-corrected chi connectivity index (χ3v) is 5.31. The molecule has 0 radical (unpaired) electrons. The number of amides is 1. The van der Waals surface area contributed by atoms with Crippen LogP contribution < -0.4 is 5.73 Å². The number of phenols is 1. The molecule has 1 amide bonds. The number of hydrogen-bond donors (Lipinski definition) is 2. The molecule has 0 bridgehead atoms. The van der Waals surface area contributed by atoms with Crippen LogP contribution in [0.5, 0.6) is 5.75 Å². The summed E-state index contributed by atoms with van der Waals surface area (Å²) in [5, 5.41) is 10.7. The van der Waals surface area contributed by atoms with E-state index in [-0.39, 0.29) is 17.9 Å². The molecule has 4 rings (SSSR count). The van der Waals surface area contributed by atoms with Crippen molar-refractivity contribution in [2.45, 2.75) is 45.3 Å². The van der Waals surface area contributed by atoms with Crippen molar-refractivity contribution in [3.8, 4) is 16.9 Å². The second kappa shape index (κ2) is 7.51. The zero-order valence-electron chi connectivity index (χ0n) is 17.5. The zero-order chi connectivity index (χ0) is 21.5. The molecule has 8 nitrogen and oxygen atoms in total. The average molecular weight is 409 g/mol. The molecular formula is C22H27N5O3. The van der Waals surface area contributed by atoms with Crippen molar-refractivity contribution >= 4 is 22.9 Å². The molecule has 1 aliphatic heterocycles. The second-order valence-corrected chi connectivity index (χ2v) is 8.66. The van der Waals surface area contributed by atoms with Crippen LogP contribution in [0.25, 0.3) is 22.2 Å². The average Bonchev–Trinajstić information content (AvgIpc) is 3.08. The fourth-order valence-electron chi connectivity index (χ4n) is 3.93. The molecule has 0 atom stereocenters. The van der Waals surface area contributed by atoms with Gasteiger partial charge in [0.1, 0.15) is 29.1 Å². The van der Waals surface area contributed by atoms with Crippen LogP contribution in [0, 0.1) is 0 Å². The summed E-state index contributed by atoms with van der Waals surface area (Å²) in [5.74, 6) is 0.595. The standard InChI is InChI=1S/C22H27N5O3/c1-22(2,3)30-21(29)26-9-7-15(8-10-26)27-12-17(14-5-4-6-16(28)11-14)18-19(23)24-13-25-20(18)27/h4-6,11-13,15,28H,7-10H2,1-3H3,(H2,23,24,25). The van der Waals surface area contributed by atoms with Gasteiger partial charge in [-0.05, 0) is 51.3 Å². The largest absolute Gasteiger partial charge is 0.508 e. The first-order valence-electron chi connectivity index (χ1n) is 10.1. The van der Waals surface area contributed by atoms with E-state index in [9.17, 15) is 9.90 Å². The van der Waals surface area contributed by atoms with Gasteiger partial charge < -0.3 is 25.0 Å². The van der Waals surface area contributed by atoms with Crippen LogP contribution in [-0.4, -0.2) is 49.3 Å². The van der Waals surface area contributed by atoms with Crippen LogP contribution in [-0.2, 0) is 4.74 Å². The first-order valence-corrected chi connectivity index (χ1v) is 10.1. The number of aromatic nitrogens is 3. The lowest BCUT2D eigenvalue weighted by atomic mass is 10.1. The third kappa shape index (κ3) is 3.90. The molecular weight excluding hydrogens is 382 g/mol. The molecule has 0 unspecified atom stereocenters. The number of piperidine rings is 1. The first kappa shape index (κ1) is 20.0. The van der Waals surface area contributed by atoms with Crippen LogP contribution in [0.2, 0.25) is 0 Å². The van der Waals surface area contributed by atoms with E-state index in [0.29, 0.717) is 18.9 Å². The highest BCUT2D eigenvalue weighted by Gasteiger charge is 2.29. The number of rotatable bonds is 2. The van der Waals surface area contributed by atoms with E-state index in [4.69, 9.17) is 10.5 Å². The highest BCUT2D eigenvalue weighted by Crippen LogP contribution is 2.37. The Morgan fingerprint density at radius 1 is 1.23 bits per heavy atom. The van der Waals surface area contributed by atoms with E-state index < -0.39 is 5.60 Å². The minimum Gasteiger partial charge on any atom is -0.508 e. The fourth-order valence-corrected chi connectivity index (χ4v) is 3.93. The number of hydrogen-bond acceptors (Lipinski definition) is 6. The van der Waals surface area contributed by atoms with Crippen molar-refractivity contribution in [1.82, 2.24) is 19.4 Å². The Morgan fingerprint density at radius 2 is 1.97 bits per heavy atom. The molecule has 0 saturated carbocycles. The predicted octanol–water partition coefficient (Wildman–Crippen LogP) is 3.96. The van der Waals surface area contributed by atoms with Gasteiger partial charge in [-0.15, -0.1) is 0 Å². The van der Waals surface area contributed by atoms with E-state index in [2.05, 4.69) is 14.5 Å². The molecule has 8 heteroatoms. The SMILES string of the molecule is CC(C)(C)OC(=O)N1CCC(n2cc(-c3cccc(O)c3)c3c(N)ncnc32)CC1. The number of ether oxygens (including phenoxy) is 1. The second-order valence-electron chi connectivity index (χ2n) is 8.66. The van der Waals surface area contributed by atoms with Gasteiger partial charge in [0.15, 0.2) is 0 Å². The van der Waals surface area contributed by atoms with Gasteiger partial charge in [-0.3, -0.25) is 0 Å². The summed E-state index contributed by atoms with van der Waals surface area (Å²) in [7, 11) is 0. The number of likely N-dealkylation sites (tertiary alicyclic amines) is 1. The van der Waals surface area contributed by atoms with Crippen molar-refractivity contribution in [3.05, 3.63) is 36.8 Å². The topological polar surface area (TPSA) is 106 Å². The first-order chi connectivity index (χ1) is 14.2. The van der Waals surface area contributed by atoms with Crippen LogP contribution in [0.15, 0.2) is 36.8 Å². The van der Waals surface area contributed by atoms with Gasteiger partial charge in [-0.25, -0.2) is 14.8 Å². The van der Waals surface area contributed by atoms with Crippen LogP contribution in [0.3, 0.4) is 0 Å². The van der Waals surface area contributed by atoms with Gasteiger partial charge in [-0.2, -0.15) is 0 Å². The molecule has 1 fully saturated rings. The van der Waals surface area contributed by atoms with E-state index in [1.54, 1.807) is 23.1 Å². The van der Waals surface area contributed by atoms with Crippen molar-refractivity contribution in [1.29, 1.82) is 0 Å². The smallest absolute Gasteiger partial charge is 0.410 e. The Bertz CT molecular complexity index is 1080. The maximum atomic E-state index is 12.4. The molecule has 2 aromatic heterocycles. The minimum absolute atomic E-state index is 0.173. The highest BCUT2D eigenvalue weighted by molar-refractivity contribution is 6.00. The number of nitrogen functional groups attached to an aromatic ring is 1. The van der Waals surface area contributed by atoms with E-state index >= 15 is 0 Å². The van der Waals surface area contributed by atoms with E-state index in [1.165, 1.54) is 6.33 Å². The van der Waals surface area contributed by atoms with Crippen LogP contribution >= 0.6 is 0 Å². The summed E-state index contributed by atoms with van der Waals surface area (Å²) in [6.07, 6.45) is 4.79. The number of benzene rings is 1. The Morgan fingerprint density at radius 3 is 2.63 bits per heavy atom. The number of nitrogens with zero attached hydrogens (tertiary/aromatic N) is 4.